The number of alkyl halides is 1. The van der Waals surface area contributed by atoms with Crippen LogP contribution in [0, 0.1) is 5.41 Å². The minimum absolute atomic E-state index is 0.000579. The van der Waals surface area contributed by atoms with Gasteiger partial charge in [0.05, 0.1) is 32.2 Å². The second-order valence-electron chi connectivity index (χ2n) is 7.37. The number of phenolic OH excluding ortho intramolecular Hbond substituents is 1. The number of aliphatic imine (C=N–C) groups is 2. The van der Waals surface area contributed by atoms with E-state index in [9.17, 15) is 30.9 Å². The number of anilines is 1. The molecule has 0 saturated heterocycles. The van der Waals surface area contributed by atoms with E-state index in [-0.39, 0.29) is 43.3 Å². The van der Waals surface area contributed by atoms with Crippen molar-refractivity contribution in [1.29, 1.82) is 5.41 Å². The van der Waals surface area contributed by atoms with E-state index in [0.29, 0.717) is 0 Å². The van der Waals surface area contributed by atoms with Gasteiger partial charge in [-0.15, -0.1) is 11.6 Å². The van der Waals surface area contributed by atoms with Gasteiger partial charge in [-0.2, -0.15) is 12.8 Å². The van der Waals surface area contributed by atoms with Crippen molar-refractivity contribution in [1.82, 2.24) is 0 Å². The molecule has 35 heavy (non-hydrogen) atoms. The van der Waals surface area contributed by atoms with Gasteiger partial charge in [-0.1, -0.05) is 6.07 Å². The number of fused-ring (bicyclic) bond motifs is 2. The van der Waals surface area contributed by atoms with Gasteiger partial charge in [0.2, 0.25) is 15.8 Å². The molecule has 0 aromatic heterocycles. The Morgan fingerprint density at radius 1 is 1.17 bits per heavy atom. The van der Waals surface area contributed by atoms with Gasteiger partial charge < -0.3 is 16.6 Å². The van der Waals surface area contributed by atoms with Crippen LogP contribution in [0.5, 0.6) is 5.75 Å². The molecule has 0 spiro atoms. The van der Waals surface area contributed by atoms with Gasteiger partial charge in [-0.05, 0) is 35.7 Å². The smallest absolute Gasteiger partial charge is 0.294 e. The number of benzene rings is 3. The topological polar surface area (TPSA) is 209 Å². The zero-order valence-corrected chi connectivity index (χ0v) is 19.7. The summed E-state index contributed by atoms with van der Waals surface area (Å²) in [5.74, 6) is -2.44. The van der Waals surface area contributed by atoms with Gasteiger partial charge >= 0.3 is 0 Å². The second kappa shape index (κ2) is 8.27. The lowest BCUT2D eigenvalue weighted by molar-refractivity contribution is 0.471. The van der Waals surface area contributed by atoms with Gasteiger partial charge in [0, 0.05) is 11.6 Å². The van der Waals surface area contributed by atoms with Gasteiger partial charge in [0.1, 0.15) is 11.6 Å². The molecule has 1 aliphatic heterocycles. The standard InChI is InChI=1S/C20H15ClFN5O6S2/c21-16(18(22)24)19(25)26-9-2-3-11-14(6-9)34(29,30)20(11)27-17-12(23)4-1-8-5-10(35(31,32)33)7-13(28)15(8)17/h1-7,16,24,28H,23H2,(H2,25,26)(H,31,32,33). The largest absolute Gasteiger partial charge is 0.507 e. The molecule has 1 aliphatic rings. The van der Waals surface area contributed by atoms with Crippen LogP contribution in [0.1, 0.15) is 5.56 Å². The van der Waals surface area contributed by atoms with Crippen LogP contribution in [-0.2, 0) is 20.0 Å². The van der Waals surface area contributed by atoms with Gasteiger partial charge in [0.25, 0.3) is 10.1 Å². The van der Waals surface area contributed by atoms with E-state index >= 15 is 0 Å². The zero-order valence-electron chi connectivity index (χ0n) is 17.3. The van der Waals surface area contributed by atoms with Crippen molar-refractivity contribution in [3.8, 4) is 5.75 Å². The van der Waals surface area contributed by atoms with Crippen molar-refractivity contribution in [2.24, 2.45) is 15.7 Å². The van der Waals surface area contributed by atoms with E-state index < -0.39 is 47.8 Å². The summed E-state index contributed by atoms with van der Waals surface area (Å²) < 4.78 is 70.9. The van der Waals surface area contributed by atoms with E-state index in [0.717, 1.165) is 12.1 Å². The van der Waals surface area contributed by atoms with Crippen LogP contribution in [-0.4, -0.2) is 48.7 Å². The first-order chi connectivity index (χ1) is 16.2. The zero-order chi connectivity index (χ0) is 25.9. The normalized spacial score (nSPS) is 17.1. The van der Waals surface area contributed by atoms with Crippen molar-refractivity contribution >= 4 is 76.2 Å². The number of aromatic hydroxyl groups is 1. The van der Waals surface area contributed by atoms with E-state index in [1.165, 1.54) is 30.3 Å². The van der Waals surface area contributed by atoms with Crippen LogP contribution in [0.25, 0.3) is 10.8 Å². The number of nitrogens with zero attached hydrogens (tertiary/aromatic N) is 2. The van der Waals surface area contributed by atoms with E-state index in [1.807, 2.05) is 0 Å². The van der Waals surface area contributed by atoms with Crippen LogP contribution in [0.15, 0.2) is 62.2 Å². The number of nitrogen functional groups attached to an aromatic ring is 1. The van der Waals surface area contributed by atoms with Crippen molar-refractivity contribution in [3.63, 3.8) is 0 Å². The lowest BCUT2D eigenvalue weighted by Gasteiger charge is -2.22. The SMILES string of the molecule is N=C(F)C(Cl)C(N)=Nc1ccc2c(c1)S(=O)(=O)C2=Nc1c(N)ccc2cc(S(=O)(=O)O)cc(O)c12. The molecule has 0 aliphatic carbocycles. The predicted molar refractivity (Wildman–Crippen MR) is 129 cm³/mol. The Morgan fingerprint density at radius 2 is 1.86 bits per heavy atom. The molecule has 1 unspecified atom stereocenters. The molecule has 15 heteroatoms. The van der Waals surface area contributed by atoms with Crippen LogP contribution in [0.4, 0.5) is 21.5 Å². The monoisotopic (exact) mass is 539 g/mol. The van der Waals surface area contributed by atoms with Crippen molar-refractivity contribution < 1.29 is 30.9 Å². The molecule has 1 atom stereocenters. The Hall–Kier alpha value is -3.59. The first-order valence-electron chi connectivity index (χ1n) is 9.44. The average Bonchev–Trinajstić information content (AvgIpc) is 2.77. The minimum Gasteiger partial charge on any atom is -0.507 e. The number of phenols is 1. The summed E-state index contributed by atoms with van der Waals surface area (Å²) in [6.07, 6.45) is 0. The molecule has 1 heterocycles. The summed E-state index contributed by atoms with van der Waals surface area (Å²) in [7, 11) is -8.71. The third kappa shape index (κ3) is 4.20. The molecule has 4 rings (SSSR count). The van der Waals surface area contributed by atoms with Crippen LogP contribution in [0.3, 0.4) is 0 Å². The first-order valence-corrected chi connectivity index (χ1v) is 12.8. The Labute approximate surface area is 202 Å². The number of sulfone groups is 1. The number of hydrogen-bond acceptors (Lipinski definition) is 9. The Bertz CT molecular complexity index is 1720. The number of nitrogens with one attached hydrogen (secondary N) is 1. The molecule has 0 fully saturated rings. The molecule has 182 valence electrons. The van der Waals surface area contributed by atoms with Crippen molar-refractivity contribution in [2.75, 3.05) is 5.73 Å². The molecule has 3 aromatic carbocycles. The van der Waals surface area contributed by atoms with E-state index in [1.54, 1.807) is 0 Å². The highest BCUT2D eigenvalue weighted by atomic mass is 35.5. The Morgan fingerprint density at radius 3 is 2.49 bits per heavy atom. The molecule has 11 nitrogen and oxygen atoms in total. The van der Waals surface area contributed by atoms with E-state index in [4.69, 9.17) is 28.5 Å². The molecule has 0 saturated carbocycles. The molecule has 7 N–H and O–H groups in total. The molecule has 0 radical (unpaired) electrons. The fourth-order valence-electron chi connectivity index (χ4n) is 3.42. The third-order valence-corrected chi connectivity index (χ3v) is 8.05. The Balaban J connectivity index is 1.85. The Kier molecular flexibility index (Phi) is 5.79. The number of nitrogens with two attached hydrogens (primary N) is 2. The third-order valence-electron chi connectivity index (χ3n) is 5.07. The van der Waals surface area contributed by atoms with Gasteiger partial charge in [-0.25, -0.2) is 18.4 Å². The maximum Gasteiger partial charge on any atom is 0.294 e. The lowest BCUT2D eigenvalue weighted by Crippen LogP contribution is -2.30. The quantitative estimate of drug-likeness (QED) is 0.107. The van der Waals surface area contributed by atoms with Gasteiger partial charge in [-0.3, -0.25) is 9.96 Å². The summed E-state index contributed by atoms with van der Waals surface area (Å²) >= 11 is 5.61. The maximum absolute atomic E-state index is 12.9. The summed E-state index contributed by atoms with van der Waals surface area (Å²) in [6, 6.07) is 8.51. The van der Waals surface area contributed by atoms with E-state index in [2.05, 4.69) is 9.98 Å². The molecular weight excluding hydrogens is 525 g/mol. The molecule has 3 aromatic rings. The van der Waals surface area contributed by atoms with Crippen LogP contribution < -0.4 is 11.5 Å². The molecule has 0 amide bonds. The predicted octanol–water partition coefficient (Wildman–Crippen LogP) is 2.78. The van der Waals surface area contributed by atoms with Crippen molar-refractivity contribution in [2.45, 2.75) is 15.2 Å². The highest BCUT2D eigenvalue weighted by molar-refractivity contribution is 8.09. The van der Waals surface area contributed by atoms with Crippen LogP contribution >= 0.6 is 11.6 Å². The first kappa shape index (κ1) is 24.5. The second-order valence-corrected chi connectivity index (χ2v) is 11.1. The molecular formula is C20H15ClFN5O6S2. The summed E-state index contributed by atoms with van der Waals surface area (Å²) in [4.78, 5) is 7.28. The minimum atomic E-state index is -4.62. The maximum atomic E-state index is 12.9. The fourth-order valence-corrected chi connectivity index (χ4v) is 5.47. The fraction of sp³-hybridized carbons (Fsp3) is 0.0500. The number of rotatable bonds is 5. The number of halogens is 2. The highest BCUT2D eigenvalue weighted by Gasteiger charge is 2.40. The summed E-state index contributed by atoms with van der Waals surface area (Å²) in [5.41, 5.74) is 11.7. The highest BCUT2D eigenvalue weighted by Crippen LogP contribution is 2.43. The molecule has 0 bridgehead atoms. The van der Waals surface area contributed by atoms with Gasteiger partial charge in [0.15, 0.2) is 10.4 Å². The number of hydrogen-bond donors (Lipinski definition) is 5. The lowest BCUT2D eigenvalue weighted by atomic mass is 10.1. The van der Waals surface area contributed by atoms with Crippen molar-refractivity contribution in [3.05, 3.63) is 48.0 Å². The number of amidine groups is 1. The average molecular weight is 540 g/mol. The van der Waals surface area contributed by atoms with Crippen LogP contribution in [0.2, 0.25) is 0 Å². The summed E-state index contributed by atoms with van der Waals surface area (Å²) in [6.45, 7) is 0. The summed E-state index contributed by atoms with van der Waals surface area (Å²) in [5, 5.41) is 15.4.